The SMILES string of the molecule is COC(=O)c1cc(CC(=O)Cc2cc(Cl)ccc2OC)ccn1. The second kappa shape index (κ2) is 7.74. The highest BCUT2D eigenvalue weighted by atomic mass is 35.5. The van der Waals surface area contributed by atoms with Crippen LogP contribution < -0.4 is 4.74 Å². The van der Waals surface area contributed by atoms with E-state index in [0.29, 0.717) is 16.3 Å². The summed E-state index contributed by atoms with van der Waals surface area (Å²) in [6, 6.07) is 8.40. The molecule has 0 fully saturated rings. The number of pyridine rings is 1. The molecule has 1 aromatic heterocycles. The molecule has 1 aromatic carbocycles. The summed E-state index contributed by atoms with van der Waals surface area (Å²) in [6.07, 6.45) is 1.86. The molecule has 0 radical (unpaired) electrons. The molecule has 23 heavy (non-hydrogen) atoms. The Labute approximate surface area is 139 Å². The van der Waals surface area contributed by atoms with Crippen LogP contribution >= 0.6 is 11.6 Å². The van der Waals surface area contributed by atoms with Crippen molar-refractivity contribution in [2.24, 2.45) is 0 Å². The van der Waals surface area contributed by atoms with Crippen LogP contribution in [0.1, 0.15) is 21.6 Å². The standard InChI is InChI=1S/C17H16ClNO4/c1-22-16-4-3-13(18)9-12(16)10-14(20)7-11-5-6-19-15(8-11)17(21)23-2/h3-6,8-9H,7,10H2,1-2H3. The Kier molecular flexibility index (Phi) is 5.71. The fourth-order valence-corrected chi connectivity index (χ4v) is 2.38. The van der Waals surface area contributed by atoms with Crippen molar-refractivity contribution in [3.63, 3.8) is 0 Å². The molecule has 120 valence electrons. The van der Waals surface area contributed by atoms with E-state index in [4.69, 9.17) is 16.3 Å². The number of carbonyl (C=O) groups excluding carboxylic acids is 2. The van der Waals surface area contributed by atoms with E-state index < -0.39 is 5.97 Å². The van der Waals surface area contributed by atoms with Gasteiger partial charge in [-0.15, -0.1) is 0 Å². The van der Waals surface area contributed by atoms with Gasteiger partial charge < -0.3 is 9.47 Å². The third-order valence-corrected chi connectivity index (χ3v) is 3.49. The van der Waals surface area contributed by atoms with Crippen LogP contribution in [0, 0.1) is 0 Å². The molecule has 0 saturated heterocycles. The van der Waals surface area contributed by atoms with E-state index in [9.17, 15) is 9.59 Å². The minimum Gasteiger partial charge on any atom is -0.496 e. The van der Waals surface area contributed by atoms with Gasteiger partial charge >= 0.3 is 5.97 Å². The first-order valence-electron chi connectivity index (χ1n) is 6.91. The van der Waals surface area contributed by atoms with Crippen LogP contribution in [0.25, 0.3) is 0 Å². The van der Waals surface area contributed by atoms with E-state index in [1.165, 1.54) is 13.3 Å². The average molecular weight is 334 g/mol. The minimum absolute atomic E-state index is 0.0208. The van der Waals surface area contributed by atoms with Gasteiger partial charge in [-0.25, -0.2) is 9.78 Å². The number of hydrogen-bond acceptors (Lipinski definition) is 5. The van der Waals surface area contributed by atoms with Gasteiger partial charge in [-0.05, 0) is 35.9 Å². The van der Waals surface area contributed by atoms with E-state index in [0.717, 1.165) is 5.56 Å². The highest BCUT2D eigenvalue weighted by Crippen LogP contribution is 2.23. The fourth-order valence-electron chi connectivity index (χ4n) is 2.19. The fraction of sp³-hybridized carbons (Fsp3) is 0.235. The van der Waals surface area contributed by atoms with Crippen LogP contribution in [0.15, 0.2) is 36.5 Å². The summed E-state index contributed by atoms with van der Waals surface area (Å²) in [6.45, 7) is 0. The van der Waals surface area contributed by atoms with Crippen molar-refractivity contribution in [2.45, 2.75) is 12.8 Å². The summed E-state index contributed by atoms with van der Waals surface area (Å²) in [4.78, 5) is 27.7. The number of halogens is 1. The van der Waals surface area contributed by atoms with Gasteiger partial charge in [0.2, 0.25) is 0 Å². The van der Waals surface area contributed by atoms with Crippen molar-refractivity contribution < 1.29 is 19.1 Å². The Morgan fingerprint density at radius 1 is 1.13 bits per heavy atom. The normalized spacial score (nSPS) is 10.2. The molecule has 0 saturated carbocycles. The predicted molar refractivity (Wildman–Crippen MR) is 86.0 cm³/mol. The van der Waals surface area contributed by atoms with Crippen LogP contribution in [0.4, 0.5) is 0 Å². The zero-order chi connectivity index (χ0) is 16.8. The van der Waals surface area contributed by atoms with Gasteiger partial charge in [0.15, 0.2) is 0 Å². The topological polar surface area (TPSA) is 65.5 Å². The van der Waals surface area contributed by atoms with E-state index in [1.807, 2.05) is 0 Å². The third-order valence-electron chi connectivity index (χ3n) is 3.25. The summed E-state index contributed by atoms with van der Waals surface area (Å²) in [5.41, 5.74) is 1.61. The number of ether oxygens (including phenoxy) is 2. The molecule has 2 rings (SSSR count). The minimum atomic E-state index is -0.532. The molecule has 0 amide bonds. The first-order valence-corrected chi connectivity index (χ1v) is 7.28. The van der Waals surface area contributed by atoms with Crippen molar-refractivity contribution in [1.82, 2.24) is 4.98 Å². The zero-order valence-corrected chi connectivity index (χ0v) is 13.6. The molecular weight excluding hydrogens is 318 g/mol. The predicted octanol–water partition coefficient (Wildman–Crippen LogP) is 2.88. The number of carbonyl (C=O) groups is 2. The Bertz CT molecular complexity index is 730. The lowest BCUT2D eigenvalue weighted by molar-refractivity contribution is -0.117. The number of rotatable bonds is 6. The van der Waals surface area contributed by atoms with Crippen molar-refractivity contribution in [3.05, 3.63) is 58.4 Å². The van der Waals surface area contributed by atoms with Crippen molar-refractivity contribution in [2.75, 3.05) is 14.2 Å². The smallest absolute Gasteiger partial charge is 0.356 e. The largest absolute Gasteiger partial charge is 0.496 e. The van der Waals surface area contributed by atoms with Crippen LogP contribution in [-0.2, 0) is 22.4 Å². The highest BCUT2D eigenvalue weighted by molar-refractivity contribution is 6.30. The van der Waals surface area contributed by atoms with Crippen molar-refractivity contribution >= 4 is 23.4 Å². The van der Waals surface area contributed by atoms with Gasteiger partial charge in [0.05, 0.1) is 14.2 Å². The Balaban J connectivity index is 2.11. The molecule has 6 heteroatoms. The summed E-state index contributed by atoms with van der Waals surface area (Å²) >= 11 is 5.96. The number of esters is 1. The maximum absolute atomic E-state index is 12.3. The molecule has 1 heterocycles. The molecule has 0 aliphatic carbocycles. The lowest BCUT2D eigenvalue weighted by Crippen LogP contribution is -2.10. The Morgan fingerprint density at radius 2 is 1.91 bits per heavy atom. The Hall–Kier alpha value is -2.40. The first-order chi connectivity index (χ1) is 11.0. The first kappa shape index (κ1) is 17.0. The highest BCUT2D eigenvalue weighted by Gasteiger charge is 2.13. The maximum Gasteiger partial charge on any atom is 0.356 e. The van der Waals surface area contributed by atoms with Gasteiger partial charge in [-0.2, -0.15) is 0 Å². The summed E-state index contributed by atoms with van der Waals surface area (Å²) in [7, 11) is 2.83. The third kappa shape index (κ3) is 4.53. The Morgan fingerprint density at radius 3 is 2.61 bits per heavy atom. The van der Waals surface area contributed by atoms with E-state index in [2.05, 4.69) is 9.72 Å². The number of benzene rings is 1. The molecule has 0 aliphatic heterocycles. The number of aromatic nitrogens is 1. The molecule has 0 N–H and O–H groups in total. The quantitative estimate of drug-likeness (QED) is 0.760. The van der Waals surface area contributed by atoms with Crippen LogP contribution in [0.3, 0.4) is 0 Å². The molecule has 0 spiro atoms. The number of hydrogen-bond donors (Lipinski definition) is 0. The molecule has 2 aromatic rings. The van der Waals surface area contributed by atoms with Crippen LogP contribution in [0.2, 0.25) is 5.02 Å². The molecule has 0 aliphatic rings. The second-order valence-corrected chi connectivity index (χ2v) is 5.33. The van der Waals surface area contributed by atoms with E-state index in [-0.39, 0.29) is 24.3 Å². The van der Waals surface area contributed by atoms with Crippen LogP contribution in [0.5, 0.6) is 5.75 Å². The average Bonchev–Trinajstić information content (AvgIpc) is 2.54. The van der Waals surface area contributed by atoms with Gasteiger partial charge in [0.1, 0.15) is 17.2 Å². The molecule has 0 unspecified atom stereocenters. The monoisotopic (exact) mass is 333 g/mol. The van der Waals surface area contributed by atoms with Crippen molar-refractivity contribution in [3.8, 4) is 5.75 Å². The lowest BCUT2D eigenvalue weighted by Gasteiger charge is -2.08. The summed E-state index contributed by atoms with van der Waals surface area (Å²) in [5.74, 6) is 0.0659. The van der Waals surface area contributed by atoms with Crippen molar-refractivity contribution in [1.29, 1.82) is 0 Å². The summed E-state index contributed by atoms with van der Waals surface area (Å²) < 4.78 is 9.85. The zero-order valence-electron chi connectivity index (χ0n) is 12.8. The number of ketones is 1. The van der Waals surface area contributed by atoms with E-state index in [1.54, 1.807) is 37.4 Å². The molecule has 0 bridgehead atoms. The molecular formula is C17H16ClNO4. The van der Waals surface area contributed by atoms with Gasteiger partial charge in [0.25, 0.3) is 0 Å². The van der Waals surface area contributed by atoms with E-state index >= 15 is 0 Å². The van der Waals surface area contributed by atoms with Gasteiger partial charge in [0, 0.05) is 29.6 Å². The number of Topliss-reactive ketones (excluding diaryl/α,β-unsaturated/α-hetero) is 1. The molecule has 0 atom stereocenters. The second-order valence-electron chi connectivity index (χ2n) is 4.89. The van der Waals surface area contributed by atoms with Crippen LogP contribution in [-0.4, -0.2) is 31.0 Å². The van der Waals surface area contributed by atoms with Gasteiger partial charge in [-0.3, -0.25) is 4.79 Å². The maximum atomic E-state index is 12.3. The molecule has 5 nitrogen and oxygen atoms in total. The number of nitrogens with zero attached hydrogens (tertiary/aromatic N) is 1. The van der Waals surface area contributed by atoms with Gasteiger partial charge in [-0.1, -0.05) is 11.6 Å². The number of methoxy groups -OCH3 is 2. The summed E-state index contributed by atoms with van der Waals surface area (Å²) in [5, 5.41) is 0.547. The lowest BCUT2D eigenvalue weighted by atomic mass is 10.0.